The molecular formula is C10H19NO3. The minimum atomic E-state index is -0.441. The molecule has 4 nitrogen and oxygen atoms in total. The van der Waals surface area contributed by atoms with Crippen LogP contribution in [0.3, 0.4) is 0 Å². The average Bonchev–Trinajstić information content (AvgIpc) is 2.20. The molecule has 1 rings (SSSR count). The number of aliphatic hydroxyl groups excluding tert-OH is 1. The molecule has 1 saturated carbocycles. The van der Waals surface area contributed by atoms with Gasteiger partial charge in [-0.2, -0.15) is 0 Å². The number of hydrogen-bond acceptors (Lipinski definition) is 3. The molecule has 1 fully saturated rings. The van der Waals surface area contributed by atoms with Crippen molar-refractivity contribution in [3.63, 3.8) is 0 Å². The largest absolute Gasteiger partial charge is 0.391 e. The van der Waals surface area contributed by atoms with Crippen molar-refractivity contribution < 1.29 is 14.6 Å². The molecule has 1 unspecified atom stereocenters. The van der Waals surface area contributed by atoms with Crippen molar-refractivity contribution in [2.45, 2.75) is 50.9 Å². The summed E-state index contributed by atoms with van der Waals surface area (Å²) in [7, 11) is 1.50. The van der Waals surface area contributed by atoms with Gasteiger partial charge in [-0.3, -0.25) is 4.79 Å². The highest BCUT2D eigenvalue weighted by Crippen LogP contribution is 2.18. The van der Waals surface area contributed by atoms with Gasteiger partial charge < -0.3 is 15.2 Å². The lowest BCUT2D eigenvalue weighted by Crippen LogP contribution is -2.48. The third kappa shape index (κ3) is 2.96. The van der Waals surface area contributed by atoms with Crippen LogP contribution in [0.15, 0.2) is 0 Å². The highest BCUT2D eigenvalue weighted by atomic mass is 16.5. The Morgan fingerprint density at radius 1 is 1.50 bits per heavy atom. The predicted molar refractivity (Wildman–Crippen MR) is 52.9 cm³/mol. The minimum absolute atomic E-state index is 0.0890. The molecule has 0 bridgehead atoms. The van der Waals surface area contributed by atoms with E-state index in [1.807, 2.05) is 0 Å². The van der Waals surface area contributed by atoms with Crippen molar-refractivity contribution in [2.24, 2.45) is 0 Å². The van der Waals surface area contributed by atoms with Gasteiger partial charge in [0.2, 0.25) is 5.91 Å². The Morgan fingerprint density at radius 3 is 2.71 bits per heavy atom. The van der Waals surface area contributed by atoms with Crippen molar-refractivity contribution in [3.05, 3.63) is 0 Å². The normalized spacial score (nSPS) is 29.6. The summed E-state index contributed by atoms with van der Waals surface area (Å²) in [6, 6.07) is -0.0890. The Bertz CT molecular complexity index is 196. The second-order valence-corrected chi connectivity index (χ2v) is 3.84. The first-order valence-corrected chi connectivity index (χ1v) is 5.16. The van der Waals surface area contributed by atoms with Gasteiger partial charge >= 0.3 is 0 Å². The predicted octanol–water partition coefficient (Wildman–Crippen LogP) is 0.441. The quantitative estimate of drug-likeness (QED) is 0.696. The summed E-state index contributed by atoms with van der Waals surface area (Å²) < 4.78 is 4.90. The number of nitrogens with one attached hydrogen (secondary N) is 1. The van der Waals surface area contributed by atoms with Crippen molar-refractivity contribution in [1.82, 2.24) is 5.32 Å². The van der Waals surface area contributed by atoms with Crippen molar-refractivity contribution >= 4 is 5.91 Å². The lowest BCUT2D eigenvalue weighted by atomic mass is 9.92. The van der Waals surface area contributed by atoms with E-state index in [9.17, 15) is 9.90 Å². The Hall–Kier alpha value is -0.610. The Labute approximate surface area is 84.6 Å². The summed E-state index contributed by atoms with van der Waals surface area (Å²) in [5.74, 6) is -0.140. The zero-order chi connectivity index (χ0) is 10.6. The molecule has 0 aromatic carbocycles. The maximum absolute atomic E-state index is 11.4. The number of methoxy groups -OCH3 is 1. The first kappa shape index (κ1) is 11.5. The first-order valence-electron chi connectivity index (χ1n) is 5.16. The summed E-state index contributed by atoms with van der Waals surface area (Å²) >= 11 is 0. The smallest absolute Gasteiger partial charge is 0.249 e. The second kappa shape index (κ2) is 5.32. The molecule has 1 aliphatic rings. The number of amides is 1. The molecule has 3 atom stereocenters. The van der Waals surface area contributed by atoms with Crippen LogP contribution in [0.2, 0.25) is 0 Å². The number of ether oxygens (including phenoxy) is 1. The number of aliphatic hydroxyl groups is 1. The molecule has 0 saturated heterocycles. The Balaban J connectivity index is 2.38. The van der Waals surface area contributed by atoms with Gasteiger partial charge in [0.25, 0.3) is 0 Å². The van der Waals surface area contributed by atoms with Crippen LogP contribution in [0.25, 0.3) is 0 Å². The van der Waals surface area contributed by atoms with Crippen LogP contribution >= 0.6 is 0 Å². The Kier molecular flexibility index (Phi) is 4.35. The van der Waals surface area contributed by atoms with Gasteiger partial charge in [0.1, 0.15) is 6.10 Å². The molecular weight excluding hydrogens is 182 g/mol. The fourth-order valence-corrected chi connectivity index (χ4v) is 1.69. The lowest BCUT2D eigenvalue weighted by molar-refractivity contribution is -0.132. The fourth-order valence-electron chi connectivity index (χ4n) is 1.69. The molecule has 82 valence electrons. The molecule has 1 aliphatic carbocycles. The molecule has 14 heavy (non-hydrogen) atoms. The van der Waals surface area contributed by atoms with Crippen LogP contribution < -0.4 is 5.32 Å². The van der Waals surface area contributed by atoms with E-state index in [1.165, 1.54) is 7.11 Å². The number of hydrogen-bond donors (Lipinski definition) is 2. The molecule has 0 heterocycles. The highest BCUT2D eigenvalue weighted by Gasteiger charge is 2.25. The second-order valence-electron chi connectivity index (χ2n) is 3.84. The van der Waals surface area contributed by atoms with Crippen molar-refractivity contribution in [3.8, 4) is 0 Å². The summed E-state index contributed by atoms with van der Waals surface area (Å²) in [5.41, 5.74) is 0. The van der Waals surface area contributed by atoms with Gasteiger partial charge in [-0.15, -0.1) is 0 Å². The summed E-state index contributed by atoms with van der Waals surface area (Å²) in [4.78, 5) is 11.4. The van der Waals surface area contributed by atoms with Crippen LogP contribution in [0.4, 0.5) is 0 Å². The maximum Gasteiger partial charge on any atom is 0.249 e. The molecule has 0 aromatic heterocycles. The zero-order valence-electron chi connectivity index (χ0n) is 8.82. The van der Waals surface area contributed by atoms with E-state index in [0.29, 0.717) is 0 Å². The van der Waals surface area contributed by atoms with Crippen LogP contribution in [0, 0.1) is 0 Å². The van der Waals surface area contributed by atoms with Crippen molar-refractivity contribution in [2.75, 3.05) is 7.11 Å². The van der Waals surface area contributed by atoms with Crippen LogP contribution in [0.5, 0.6) is 0 Å². The number of carbonyl (C=O) groups is 1. The van der Waals surface area contributed by atoms with E-state index in [0.717, 1.165) is 25.7 Å². The third-order valence-electron chi connectivity index (χ3n) is 2.78. The van der Waals surface area contributed by atoms with Gasteiger partial charge in [-0.05, 0) is 19.8 Å². The number of rotatable bonds is 3. The minimum Gasteiger partial charge on any atom is -0.391 e. The zero-order valence-corrected chi connectivity index (χ0v) is 8.82. The number of carbonyl (C=O) groups excluding carboxylic acids is 1. The van der Waals surface area contributed by atoms with E-state index in [-0.39, 0.29) is 11.9 Å². The first-order chi connectivity index (χ1) is 6.65. The van der Waals surface area contributed by atoms with Gasteiger partial charge in [0.15, 0.2) is 0 Å². The van der Waals surface area contributed by atoms with Crippen molar-refractivity contribution in [1.29, 1.82) is 0 Å². The van der Waals surface area contributed by atoms with E-state index in [2.05, 4.69) is 5.32 Å². The van der Waals surface area contributed by atoms with Gasteiger partial charge in [0, 0.05) is 7.11 Å². The molecule has 4 heteroatoms. The monoisotopic (exact) mass is 201 g/mol. The van der Waals surface area contributed by atoms with E-state index in [1.54, 1.807) is 6.92 Å². The summed E-state index contributed by atoms with van der Waals surface area (Å²) in [6.45, 7) is 1.70. The maximum atomic E-state index is 11.4. The van der Waals surface area contributed by atoms with Crippen LogP contribution in [0.1, 0.15) is 32.6 Å². The fraction of sp³-hybridized carbons (Fsp3) is 0.900. The molecule has 0 aromatic rings. The van der Waals surface area contributed by atoms with Crippen LogP contribution in [-0.2, 0) is 9.53 Å². The standard InChI is InChI=1S/C10H19NO3/c1-7(14-2)10(13)11-8-5-3-4-6-9(8)12/h7-9,12H,3-6H2,1-2H3,(H,11,13)/t7?,8-,9-/m0/s1. The molecule has 0 spiro atoms. The summed E-state index contributed by atoms with van der Waals surface area (Å²) in [5, 5.41) is 12.4. The van der Waals surface area contributed by atoms with Crippen LogP contribution in [-0.4, -0.2) is 36.4 Å². The average molecular weight is 201 g/mol. The van der Waals surface area contributed by atoms with Gasteiger partial charge in [-0.1, -0.05) is 12.8 Å². The van der Waals surface area contributed by atoms with E-state index < -0.39 is 12.2 Å². The summed E-state index contributed by atoms with van der Waals surface area (Å²) in [6.07, 6.45) is 2.94. The SMILES string of the molecule is COC(C)C(=O)N[C@H]1CCCC[C@@H]1O. The van der Waals surface area contributed by atoms with E-state index in [4.69, 9.17) is 4.74 Å². The molecule has 0 radical (unpaired) electrons. The molecule has 0 aliphatic heterocycles. The third-order valence-corrected chi connectivity index (χ3v) is 2.78. The highest BCUT2D eigenvalue weighted by molar-refractivity contribution is 5.80. The molecule has 1 amide bonds. The van der Waals surface area contributed by atoms with E-state index >= 15 is 0 Å². The van der Waals surface area contributed by atoms with Gasteiger partial charge in [0.05, 0.1) is 12.1 Å². The van der Waals surface area contributed by atoms with Gasteiger partial charge in [-0.25, -0.2) is 0 Å². The topological polar surface area (TPSA) is 58.6 Å². The molecule has 2 N–H and O–H groups in total. The Morgan fingerprint density at radius 2 is 2.14 bits per heavy atom. The lowest BCUT2D eigenvalue weighted by Gasteiger charge is -2.29.